The Hall–Kier alpha value is -3.99. The minimum atomic E-state index is -0.636. The Kier molecular flexibility index (Phi) is 12.7. The molecule has 1 aromatic heterocycles. The SMILES string of the molecule is CCCCC/C=C\C1CC1C(=O)O.NC(=O)C1CCCN1C(=O)CNc1cccc(F)c1.O=c1[nH]c2ccccc2s1. The topological polar surface area (TPSA) is 146 Å². The van der Waals surface area contributed by atoms with E-state index in [1.807, 2.05) is 24.3 Å². The number of carboxylic acid groups (broad SMARTS) is 1. The molecule has 2 heterocycles. The van der Waals surface area contributed by atoms with E-state index in [-0.39, 0.29) is 29.1 Å². The number of likely N-dealkylation sites (tertiary alicyclic amines) is 1. The Bertz CT molecular complexity index is 1390. The first-order valence-corrected chi connectivity index (χ1v) is 15.1. The summed E-state index contributed by atoms with van der Waals surface area (Å²) in [6, 6.07) is 13.0. The van der Waals surface area contributed by atoms with Crippen molar-refractivity contribution in [1.82, 2.24) is 9.88 Å². The van der Waals surface area contributed by atoms with Gasteiger partial charge in [-0.15, -0.1) is 0 Å². The number of halogens is 1. The van der Waals surface area contributed by atoms with Gasteiger partial charge >= 0.3 is 10.8 Å². The molecule has 3 aromatic rings. The first-order chi connectivity index (χ1) is 20.2. The molecule has 5 rings (SSSR count). The summed E-state index contributed by atoms with van der Waals surface area (Å²) < 4.78 is 14.0. The predicted octanol–water partition coefficient (Wildman–Crippen LogP) is 5.15. The maximum atomic E-state index is 13.0. The molecular weight excluding hydrogens is 559 g/mol. The molecule has 226 valence electrons. The molecule has 9 nitrogen and oxygen atoms in total. The maximum Gasteiger partial charge on any atom is 0.307 e. The lowest BCUT2D eigenvalue weighted by Crippen LogP contribution is -2.45. The van der Waals surface area contributed by atoms with Crippen molar-refractivity contribution in [2.24, 2.45) is 17.6 Å². The molecule has 11 heteroatoms. The van der Waals surface area contributed by atoms with Gasteiger partial charge in [0.1, 0.15) is 11.9 Å². The van der Waals surface area contributed by atoms with Gasteiger partial charge in [0.25, 0.3) is 0 Å². The van der Waals surface area contributed by atoms with E-state index in [0.717, 1.165) is 29.5 Å². The Morgan fingerprint density at radius 3 is 2.64 bits per heavy atom. The molecule has 1 aliphatic carbocycles. The summed E-state index contributed by atoms with van der Waals surface area (Å²) in [5.41, 5.74) is 6.71. The summed E-state index contributed by atoms with van der Waals surface area (Å²) in [4.78, 5) is 48.6. The summed E-state index contributed by atoms with van der Waals surface area (Å²) >= 11 is 1.24. The summed E-state index contributed by atoms with van der Waals surface area (Å²) in [5.74, 6) is -1.43. The van der Waals surface area contributed by atoms with Crippen molar-refractivity contribution >= 4 is 45.0 Å². The van der Waals surface area contributed by atoms with Crippen LogP contribution in [0.2, 0.25) is 0 Å². The molecule has 1 saturated heterocycles. The van der Waals surface area contributed by atoms with Gasteiger partial charge in [0.15, 0.2) is 0 Å². The van der Waals surface area contributed by atoms with Gasteiger partial charge < -0.3 is 26.0 Å². The number of nitrogens with one attached hydrogen (secondary N) is 2. The molecule has 42 heavy (non-hydrogen) atoms. The predicted molar refractivity (Wildman–Crippen MR) is 164 cm³/mol. The van der Waals surface area contributed by atoms with Crippen molar-refractivity contribution in [1.29, 1.82) is 0 Å². The third-order valence-electron chi connectivity index (χ3n) is 7.01. The highest BCUT2D eigenvalue weighted by Crippen LogP contribution is 2.39. The molecule has 2 fully saturated rings. The van der Waals surface area contributed by atoms with Crippen LogP contribution in [-0.2, 0) is 14.4 Å². The van der Waals surface area contributed by atoms with E-state index >= 15 is 0 Å². The van der Waals surface area contributed by atoms with Crippen LogP contribution in [-0.4, -0.2) is 51.9 Å². The number of para-hydroxylation sites is 1. The number of H-pyrrole nitrogens is 1. The Balaban J connectivity index is 0.000000183. The quantitative estimate of drug-likeness (QED) is 0.188. The van der Waals surface area contributed by atoms with Gasteiger partial charge in [-0.3, -0.25) is 19.2 Å². The van der Waals surface area contributed by atoms with Gasteiger partial charge in [-0.25, -0.2) is 4.39 Å². The lowest BCUT2D eigenvalue weighted by atomic mass is 10.2. The standard InChI is InChI=1S/C13H16FN3O2.C11H18O2.C7H5NOS/c14-9-3-1-4-10(7-9)16-8-12(18)17-6-2-5-11(17)13(15)19;1-2-3-4-5-6-7-9-8-10(9)11(12)13;9-7-8-5-3-1-2-4-6(5)10-7/h1,3-4,7,11,16H,2,5-6,8H2,(H2,15,19);6-7,9-10H,2-5,8H2,1H3,(H,12,13);1-4H,(H,8,9)/b;7-6-;. The molecule has 2 amide bonds. The van der Waals surface area contributed by atoms with E-state index in [1.54, 1.807) is 12.1 Å². The van der Waals surface area contributed by atoms with Gasteiger partial charge in [-0.1, -0.05) is 61.5 Å². The largest absolute Gasteiger partial charge is 0.481 e. The average Bonchev–Trinajstić information content (AvgIpc) is 3.38. The number of hydrogen-bond acceptors (Lipinski definition) is 6. The van der Waals surface area contributed by atoms with Crippen LogP contribution in [0.4, 0.5) is 10.1 Å². The molecule has 3 atom stereocenters. The van der Waals surface area contributed by atoms with Gasteiger partial charge in [0.2, 0.25) is 11.8 Å². The highest BCUT2D eigenvalue weighted by atomic mass is 32.1. The second kappa shape index (κ2) is 16.5. The molecule has 0 bridgehead atoms. The van der Waals surface area contributed by atoms with E-state index in [0.29, 0.717) is 24.6 Å². The number of hydrogen-bond donors (Lipinski definition) is 4. The van der Waals surface area contributed by atoms with E-state index in [2.05, 4.69) is 29.4 Å². The van der Waals surface area contributed by atoms with Crippen LogP contribution in [0.15, 0.2) is 65.5 Å². The Morgan fingerprint density at radius 1 is 1.19 bits per heavy atom. The fourth-order valence-corrected chi connectivity index (χ4v) is 5.36. The third kappa shape index (κ3) is 10.4. The van der Waals surface area contributed by atoms with Gasteiger partial charge in [-0.05, 0) is 68.4 Å². The highest BCUT2D eigenvalue weighted by Gasteiger charge is 2.40. The fraction of sp³-hybridized carbons (Fsp3) is 0.419. The summed E-state index contributed by atoms with van der Waals surface area (Å²) in [5, 5.41) is 11.5. The lowest BCUT2D eigenvalue weighted by Gasteiger charge is -2.22. The second-order valence-electron chi connectivity index (χ2n) is 10.3. The zero-order valence-electron chi connectivity index (χ0n) is 23.8. The number of aromatic nitrogens is 1. The summed E-state index contributed by atoms with van der Waals surface area (Å²) in [7, 11) is 0. The van der Waals surface area contributed by atoms with Crippen LogP contribution in [0.1, 0.15) is 51.9 Å². The van der Waals surface area contributed by atoms with Crippen LogP contribution >= 0.6 is 11.3 Å². The zero-order chi connectivity index (χ0) is 30.5. The monoisotopic (exact) mass is 598 g/mol. The lowest BCUT2D eigenvalue weighted by molar-refractivity contribution is -0.138. The van der Waals surface area contributed by atoms with Crippen LogP contribution in [0.25, 0.3) is 10.2 Å². The number of aromatic amines is 1. The number of carbonyl (C=O) groups excluding carboxylic acids is 2. The number of rotatable bonds is 10. The number of carbonyl (C=O) groups is 3. The molecule has 1 aliphatic heterocycles. The second-order valence-corrected chi connectivity index (χ2v) is 11.3. The van der Waals surface area contributed by atoms with Gasteiger partial charge in [0, 0.05) is 12.2 Å². The van der Waals surface area contributed by atoms with Crippen LogP contribution in [0.3, 0.4) is 0 Å². The number of benzene rings is 2. The van der Waals surface area contributed by atoms with E-state index in [4.69, 9.17) is 10.8 Å². The summed E-state index contributed by atoms with van der Waals surface area (Å²) in [6.45, 7) is 2.75. The Morgan fingerprint density at radius 2 is 1.98 bits per heavy atom. The molecule has 1 saturated carbocycles. The van der Waals surface area contributed by atoms with Crippen molar-refractivity contribution in [3.8, 4) is 0 Å². The molecule has 0 radical (unpaired) electrons. The number of thiazole rings is 1. The van der Waals surface area contributed by atoms with Gasteiger partial charge in [0.05, 0.1) is 22.7 Å². The molecule has 2 aromatic carbocycles. The number of amides is 2. The first kappa shape index (κ1) is 32.5. The molecule has 2 aliphatic rings. The number of nitrogens with zero attached hydrogens (tertiary/aromatic N) is 1. The van der Waals surface area contributed by atoms with Crippen molar-refractivity contribution in [2.45, 2.75) is 57.9 Å². The number of anilines is 1. The minimum Gasteiger partial charge on any atom is -0.481 e. The normalized spacial score (nSPS) is 19.0. The zero-order valence-corrected chi connectivity index (χ0v) is 24.6. The van der Waals surface area contributed by atoms with E-state index < -0.39 is 17.9 Å². The number of allylic oxidation sites excluding steroid dienone is 2. The average molecular weight is 599 g/mol. The van der Waals surface area contributed by atoms with E-state index in [1.165, 1.54) is 47.6 Å². The van der Waals surface area contributed by atoms with Crippen molar-refractivity contribution in [2.75, 3.05) is 18.4 Å². The fourth-order valence-electron chi connectivity index (χ4n) is 4.63. The molecule has 3 unspecified atom stereocenters. The smallest absolute Gasteiger partial charge is 0.307 e. The van der Waals surface area contributed by atoms with Crippen molar-refractivity contribution < 1.29 is 23.9 Å². The number of aliphatic carboxylic acids is 1. The number of carboxylic acids is 1. The molecule has 0 spiro atoms. The minimum absolute atomic E-state index is 0.0150. The van der Waals surface area contributed by atoms with Crippen molar-refractivity contribution in [3.05, 3.63) is 76.2 Å². The highest BCUT2D eigenvalue weighted by molar-refractivity contribution is 7.16. The number of nitrogens with two attached hydrogens (primary N) is 1. The van der Waals surface area contributed by atoms with E-state index in [9.17, 15) is 23.6 Å². The van der Waals surface area contributed by atoms with Crippen LogP contribution in [0, 0.1) is 17.7 Å². The number of unbranched alkanes of at least 4 members (excludes halogenated alkanes) is 3. The van der Waals surface area contributed by atoms with Crippen LogP contribution in [0.5, 0.6) is 0 Å². The number of primary amides is 1. The summed E-state index contributed by atoms with van der Waals surface area (Å²) in [6.07, 6.45) is 11.3. The first-order valence-electron chi connectivity index (χ1n) is 14.2. The third-order valence-corrected chi connectivity index (χ3v) is 7.87. The van der Waals surface area contributed by atoms with Crippen LogP contribution < -0.4 is 15.9 Å². The Labute approximate surface area is 248 Å². The van der Waals surface area contributed by atoms with Crippen molar-refractivity contribution in [3.63, 3.8) is 0 Å². The van der Waals surface area contributed by atoms with Gasteiger partial charge in [-0.2, -0.15) is 0 Å². The maximum absolute atomic E-state index is 13.0. The molecule has 5 N–H and O–H groups in total. The number of fused-ring (bicyclic) bond motifs is 1. The molecular formula is C31H39FN4O5S.